The lowest BCUT2D eigenvalue weighted by Crippen LogP contribution is -2.36. The van der Waals surface area contributed by atoms with Gasteiger partial charge < -0.3 is 10.4 Å². The van der Waals surface area contributed by atoms with Crippen molar-refractivity contribution >= 4 is 11.9 Å². The van der Waals surface area contributed by atoms with Gasteiger partial charge in [0.2, 0.25) is 5.91 Å². The van der Waals surface area contributed by atoms with Crippen molar-refractivity contribution in [2.24, 2.45) is 5.92 Å². The fourth-order valence-corrected chi connectivity index (χ4v) is 2.51. The van der Waals surface area contributed by atoms with Crippen LogP contribution in [0.5, 0.6) is 0 Å². The van der Waals surface area contributed by atoms with E-state index in [0.717, 1.165) is 12.1 Å². The molecular weight excluding hydrogens is 323 g/mol. The smallest absolute Gasteiger partial charge is 0.416 e. The number of rotatable bonds is 8. The van der Waals surface area contributed by atoms with Crippen molar-refractivity contribution in [2.45, 2.75) is 45.2 Å². The Hall–Kier alpha value is -2.05. The van der Waals surface area contributed by atoms with Gasteiger partial charge in [-0.3, -0.25) is 9.59 Å². The summed E-state index contributed by atoms with van der Waals surface area (Å²) < 4.78 is 38.4. The highest BCUT2D eigenvalue weighted by atomic mass is 19.4. The Bertz CT molecular complexity index is 572. The van der Waals surface area contributed by atoms with Gasteiger partial charge >= 0.3 is 12.1 Å². The third-order valence-corrected chi connectivity index (χ3v) is 3.85. The number of nitrogens with one attached hydrogen (secondary N) is 1. The minimum absolute atomic E-state index is 0.0303. The average Bonchev–Trinajstić information content (AvgIpc) is 2.51. The highest BCUT2D eigenvalue weighted by Gasteiger charge is 2.31. The van der Waals surface area contributed by atoms with Crippen molar-refractivity contribution < 1.29 is 27.9 Å². The first-order valence-corrected chi connectivity index (χ1v) is 7.88. The van der Waals surface area contributed by atoms with Crippen LogP contribution in [0.15, 0.2) is 24.3 Å². The molecule has 0 aromatic heterocycles. The van der Waals surface area contributed by atoms with Gasteiger partial charge in [-0.2, -0.15) is 13.2 Å². The Kier molecular flexibility index (Phi) is 7.25. The number of carbonyl (C=O) groups excluding carboxylic acids is 1. The van der Waals surface area contributed by atoms with E-state index in [0.29, 0.717) is 19.3 Å². The van der Waals surface area contributed by atoms with E-state index in [1.807, 2.05) is 6.92 Å². The second-order valence-corrected chi connectivity index (χ2v) is 5.65. The molecule has 7 heteroatoms. The molecule has 0 saturated heterocycles. The normalized spacial score (nSPS) is 14.0. The van der Waals surface area contributed by atoms with Crippen LogP contribution in [-0.4, -0.2) is 23.5 Å². The molecule has 2 atom stereocenters. The maximum Gasteiger partial charge on any atom is 0.416 e. The molecule has 24 heavy (non-hydrogen) atoms. The first kappa shape index (κ1) is 20.0. The van der Waals surface area contributed by atoms with Crippen LogP contribution >= 0.6 is 0 Å². The highest BCUT2D eigenvalue weighted by Crippen LogP contribution is 2.31. The fourth-order valence-electron chi connectivity index (χ4n) is 2.51. The zero-order chi connectivity index (χ0) is 18.3. The largest absolute Gasteiger partial charge is 0.481 e. The number of benzene rings is 1. The van der Waals surface area contributed by atoms with Gasteiger partial charge in [0.25, 0.3) is 0 Å². The van der Waals surface area contributed by atoms with Gasteiger partial charge in [-0.15, -0.1) is 0 Å². The molecule has 0 fully saturated rings. The molecule has 0 aliphatic heterocycles. The van der Waals surface area contributed by atoms with E-state index in [2.05, 4.69) is 5.32 Å². The van der Waals surface area contributed by atoms with Crippen LogP contribution in [0.3, 0.4) is 0 Å². The Morgan fingerprint density at radius 1 is 1.25 bits per heavy atom. The Morgan fingerprint density at radius 3 is 2.42 bits per heavy atom. The standard InChI is InChI=1S/C17H22F3NO3/c1-3-6-12(16(23)24)10-21-15(22)14(4-2)11-7-5-8-13(9-11)17(18,19)20/h5,7-9,12,14H,3-4,6,10H2,1-2H3,(H,21,22)(H,23,24). The second kappa shape index (κ2) is 8.70. The minimum atomic E-state index is -4.47. The number of carbonyl (C=O) groups is 2. The third kappa shape index (κ3) is 5.54. The zero-order valence-electron chi connectivity index (χ0n) is 13.7. The van der Waals surface area contributed by atoms with Gasteiger partial charge in [0, 0.05) is 6.54 Å². The number of aliphatic carboxylic acids is 1. The molecule has 0 saturated carbocycles. The van der Waals surface area contributed by atoms with Crippen LogP contribution in [0.1, 0.15) is 50.2 Å². The van der Waals surface area contributed by atoms with Crippen LogP contribution < -0.4 is 5.32 Å². The summed E-state index contributed by atoms with van der Waals surface area (Å²) in [5.74, 6) is -2.90. The molecule has 134 valence electrons. The summed E-state index contributed by atoms with van der Waals surface area (Å²) >= 11 is 0. The summed E-state index contributed by atoms with van der Waals surface area (Å²) in [5.41, 5.74) is -0.534. The van der Waals surface area contributed by atoms with E-state index in [-0.39, 0.29) is 12.1 Å². The predicted molar refractivity (Wildman–Crippen MR) is 83.5 cm³/mol. The molecule has 1 aromatic rings. The van der Waals surface area contributed by atoms with Gasteiger partial charge in [-0.25, -0.2) is 0 Å². The van der Waals surface area contributed by atoms with Gasteiger partial charge in [0.05, 0.1) is 17.4 Å². The van der Waals surface area contributed by atoms with Crippen molar-refractivity contribution in [3.8, 4) is 0 Å². The molecule has 0 aliphatic rings. The topological polar surface area (TPSA) is 66.4 Å². The highest BCUT2D eigenvalue weighted by molar-refractivity contribution is 5.84. The summed E-state index contributed by atoms with van der Waals surface area (Å²) in [6.07, 6.45) is -3.06. The van der Waals surface area contributed by atoms with Crippen molar-refractivity contribution in [3.63, 3.8) is 0 Å². The molecule has 1 aromatic carbocycles. The van der Waals surface area contributed by atoms with Crippen LogP contribution in [0.25, 0.3) is 0 Å². The van der Waals surface area contributed by atoms with Gasteiger partial charge in [0.15, 0.2) is 0 Å². The molecular formula is C17H22F3NO3. The molecule has 2 unspecified atom stereocenters. The van der Waals surface area contributed by atoms with Crippen molar-refractivity contribution in [3.05, 3.63) is 35.4 Å². The monoisotopic (exact) mass is 345 g/mol. The Morgan fingerprint density at radius 2 is 1.92 bits per heavy atom. The first-order chi connectivity index (χ1) is 11.2. The molecule has 1 amide bonds. The quantitative estimate of drug-likeness (QED) is 0.753. The van der Waals surface area contributed by atoms with Crippen molar-refractivity contribution in [1.29, 1.82) is 0 Å². The van der Waals surface area contributed by atoms with Crippen molar-refractivity contribution in [1.82, 2.24) is 5.32 Å². The third-order valence-electron chi connectivity index (χ3n) is 3.85. The summed E-state index contributed by atoms with van der Waals surface area (Å²) in [7, 11) is 0. The van der Waals surface area contributed by atoms with E-state index in [4.69, 9.17) is 5.11 Å². The minimum Gasteiger partial charge on any atom is -0.481 e. The molecule has 0 radical (unpaired) electrons. The maximum absolute atomic E-state index is 12.8. The first-order valence-electron chi connectivity index (χ1n) is 7.88. The lowest BCUT2D eigenvalue weighted by molar-refractivity contribution is -0.142. The number of hydrogen-bond acceptors (Lipinski definition) is 2. The molecule has 1 rings (SSSR count). The second-order valence-electron chi connectivity index (χ2n) is 5.65. The SMILES string of the molecule is CCCC(CNC(=O)C(CC)c1cccc(C(F)(F)F)c1)C(=O)O. The summed E-state index contributed by atoms with van der Waals surface area (Å²) in [6, 6.07) is 4.67. The molecule has 2 N–H and O–H groups in total. The van der Waals surface area contributed by atoms with Crippen LogP contribution in [0.4, 0.5) is 13.2 Å². The van der Waals surface area contributed by atoms with Gasteiger partial charge in [0.1, 0.15) is 0 Å². The number of hydrogen-bond donors (Lipinski definition) is 2. The average molecular weight is 345 g/mol. The van der Waals surface area contributed by atoms with E-state index >= 15 is 0 Å². The number of halogens is 3. The lowest BCUT2D eigenvalue weighted by atomic mass is 9.93. The fraction of sp³-hybridized carbons (Fsp3) is 0.529. The van der Waals surface area contributed by atoms with E-state index in [9.17, 15) is 22.8 Å². The number of alkyl halides is 3. The van der Waals surface area contributed by atoms with Gasteiger partial charge in [-0.05, 0) is 24.5 Å². The molecule has 0 heterocycles. The Balaban J connectivity index is 2.85. The molecule has 0 aliphatic carbocycles. The van der Waals surface area contributed by atoms with Crippen LogP contribution in [-0.2, 0) is 15.8 Å². The maximum atomic E-state index is 12.8. The van der Waals surface area contributed by atoms with Crippen LogP contribution in [0.2, 0.25) is 0 Å². The number of amides is 1. The van der Waals surface area contributed by atoms with E-state index in [1.165, 1.54) is 12.1 Å². The zero-order valence-corrected chi connectivity index (χ0v) is 13.7. The lowest BCUT2D eigenvalue weighted by Gasteiger charge is -2.19. The summed E-state index contributed by atoms with van der Waals surface area (Å²) in [6.45, 7) is 3.51. The predicted octanol–water partition coefficient (Wildman–Crippen LogP) is 3.82. The van der Waals surface area contributed by atoms with E-state index in [1.54, 1.807) is 6.92 Å². The van der Waals surface area contributed by atoms with Crippen LogP contribution in [0, 0.1) is 5.92 Å². The molecule has 4 nitrogen and oxygen atoms in total. The Labute approximate surface area is 139 Å². The van der Waals surface area contributed by atoms with E-state index < -0.39 is 35.5 Å². The van der Waals surface area contributed by atoms with Crippen molar-refractivity contribution in [2.75, 3.05) is 6.54 Å². The summed E-state index contributed by atoms with van der Waals surface area (Å²) in [5, 5.41) is 11.6. The number of carboxylic acids is 1. The van der Waals surface area contributed by atoms with Gasteiger partial charge in [-0.1, -0.05) is 38.5 Å². The number of carboxylic acid groups (broad SMARTS) is 1. The summed E-state index contributed by atoms with van der Waals surface area (Å²) in [4.78, 5) is 23.4. The molecule has 0 bridgehead atoms. The molecule has 0 spiro atoms.